The van der Waals surface area contributed by atoms with Gasteiger partial charge in [0, 0.05) is 55.0 Å². The van der Waals surface area contributed by atoms with Crippen molar-refractivity contribution in [3.8, 4) is 11.5 Å². The molecule has 1 saturated heterocycles. The molecule has 12 nitrogen and oxygen atoms in total. The molecule has 46 heavy (non-hydrogen) atoms. The van der Waals surface area contributed by atoms with E-state index in [4.69, 9.17) is 26.8 Å². The lowest BCUT2D eigenvalue weighted by atomic mass is 9.99. The molecule has 1 aliphatic rings. The standard InChI is InChI=1S/C32H38ClFN8O4/c1-42-16-19(17-42)32(44)41-25(6-4-3-5-7-29(35)43)31-36-15-21(40-31)10-11-46-28-13-22-26(14-27(28)45-2)37-18-38-30(22)39-20-8-9-24(34)23(33)12-20/h8-9,12-15,18-19,25H,3-7,10-11,16-17H2,1-2H3,(H2,35,43)(H,36,40)(H,41,44)(H,37,38,39)/t25-/m0/s1. The van der Waals surface area contributed by atoms with E-state index in [1.807, 2.05) is 7.05 Å². The SMILES string of the molecule is COc1cc2ncnc(Nc3ccc(F)c(Cl)c3)c2cc1OCCc1cnc([C@H](CCCCCC(N)=O)NC(=O)C2CN(C)C2)[nH]1. The van der Waals surface area contributed by atoms with Gasteiger partial charge in [-0.1, -0.05) is 24.4 Å². The van der Waals surface area contributed by atoms with Gasteiger partial charge in [-0.25, -0.2) is 19.3 Å². The zero-order valence-corrected chi connectivity index (χ0v) is 26.6. The lowest BCUT2D eigenvalue weighted by Gasteiger charge is -2.35. The summed E-state index contributed by atoms with van der Waals surface area (Å²) in [4.78, 5) is 42.7. The van der Waals surface area contributed by atoms with Crippen molar-refractivity contribution in [2.45, 2.75) is 44.6 Å². The van der Waals surface area contributed by atoms with Crippen LogP contribution in [-0.4, -0.2) is 70.5 Å². The number of carbonyl (C=O) groups is 2. The van der Waals surface area contributed by atoms with Crippen molar-refractivity contribution in [1.82, 2.24) is 30.2 Å². The molecule has 3 heterocycles. The third-order valence-corrected chi connectivity index (χ3v) is 8.17. The summed E-state index contributed by atoms with van der Waals surface area (Å²) in [5.41, 5.74) is 7.32. The molecule has 4 aromatic rings. The molecule has 1 aliphatic heterocycles. The number of nitrogens with zero attached hydrogens (tertiary/aromatic N) is 4. The average Bonchev–Trinajstić information content (AvgIpc) is 3.49. The van der Waals surface area contributed by atoms with E-state index in [1.165, 1.54) is 18.5 Å². The average molecular weight is 653 g/mol. The fraction of sp³-hybridized carbons (Fsp3) is 0.406. The first-order valence-corrected chi connectivity index (χ1v) is 15.6. The van der Waals surface area contributed by atoms with Gasteiger partial charge >= 0.3 is 0 Å². The van der Waals surface area contributed by atoms with Gasteiger partial charge in [-0.3, -0.25) is 9.59 Å². The Bertz CT molecular complexity index is 1680. The van der Waals surface area contributed by atoms with Crippen molar-refractivity contribution in [1.29, 1.82) is 0 Å². The molecule has 0 bridgehead atoms. The topological polar surface area (TPSA) is 160 Å². The fourth-order valence-electron chi connectivity index (χ4n) is 5.35. The highest BCUT2D eigenvalue weighted by atomic mass is 35.5. The molecule has 14 heteroatoms. The number of hydrogen-bond acceptors (Lipinski definition) is 9. The predicted octanol–water partition coefficient (Wildman–Crippen LogP) is 4.67. The van der Waals surface area contributed by atoms with E-state index in [1.54, 1.807) is 31.5 Å². The van der Waals surface area contributed by atoms with E-state index in [-0.39, 0.29) is 28.8 Å². The van der Waals surface area contributed by atoms with Crippen LogP contribution < -0.4 is 25.8 Å². The fourth-order valence-corrected chi connectivity index (χ4v) is 5.53. The van der Waals surface area contributed by atoms with Crippen LogP contribution in [0.2, 0.25) is 5.02 Å². The minimum Gasteiger partial charge on any atom is -0.493 e. The highest BCUT2D eigenvalue weighted by molar-refractivity contribution is 6.31. The summed E-state index contributed by atoms with van der Waals surface area (Å²) in [6, 6.07) is 7.62. The molecule has 0 saturated carbocycles. The van der Waals surface area contributed by atoms with Crippen LogP contribution in [0.5, 0.6) is 11.5 Å². The molecular weight excluding hydrogens is 615 g/mol. The van der Waals surface area contributed by atoms with Gasteiger partial charge in [-0.2, -0.15) is 0 Å². The minimum atomic E-state index is -0.511. The number of fused-ring (bicyclic) bond motifs is 1. The number of carbonyl (C=O) groups excluding carboxylic acids is 2. The predicted molar refractivity (Wildman–Crippen MR) is 173 cm³/mol. The van der Waals surface area contributed by atoms with Crippen LogP contribution in [0.15, 0.2) is 42.9 Å². The highest BCUT2D eigenvalue weighted by Gasteiger charge is 2.31. The molecule has 2 amide bonds. The Balaban J connectivity index is 1.24. The van der Waals surface area contributed by atoms with E-state index >= 15 is 0 Å². The molecule has 2 aromatic heterocycles. The van der Waals surface area contributed by atoms with Gasteiger partial charge < -0.3 is 35.7 Å². The van der Waals surface area contributed by atoms with Crippen LogP contribution in [0.3, 0.4) is 0 Å². The number of halogens is 2. The molecule has 1 atom stereocenters. The molecule has 5 N–H and O–H groups in total. The molecule has 1 fully saturated rings. The number of aromatic amines is 1. The number of rotatable bonds is 16. The molecule has 0 radical (unpaired) electrons. The second-order valence-corrected chi connectivity index (χ2v) is 11.8. The van der Waals surface area contributed by atoms with Crippen molar-refractivity contribution in [2.75, 3.05) is 39.2 Å². The van der Waals surface area contributed by atoms with Gasteiger partial charge in [-0.15, -0.1) is 0 Å². The van der Waals surface area contributed by atoms with Crippen LogP contribution in [0.1, 0.15) is 49.7 Å². The molecule has 0 aliphatic carbocycles. The van der Waals surface area contributed by atoms with Gasteiger partial charge in [0.15, 0.2) is 11.5 Å². The molecular formula is C32H38ClFN8O4. The number of methoxy groups -OCH3 is 1. The number of anilines is 2. The summed E-state index contributed by atoms with van der Waals surface area (Å²) in [6.07, 6.45) is 7.10. The molecule has 0 unspecified atom stereocenters. The van der Waals surface area contributed by atoms with Crippen molar-refractivity contribution in [2.24, 2.45) is 11.7 Å². The van der Waals surface area contributed by atoms with Crippen LogP contribution in [-0.2, 0) is 16.0 Å². The Morgan fingerprint density at radius 1 is 1.15 bits per heavy atom. The molecule has 244 valence electrons. The molecule has 2 aromatic carbocycles. The lowest BCUT2D eigenvalue weighted by Crippen LogP contribution is -2.52. The maximum Gasteiger partial charge on any atom is 0.226 e. The van der Waals surface area contributed by atoms with Crippen LogP contribution in [0.4, 0.5) is 15.9 Å². The zero-order valence-electron chi connectivity index (χ0n) is 25.8. The van der Waals surface area contributed by atoms with Crippen molar-refractivity contribution >= 4 is 45.8 Å². The largest absolute Gasteiger partial charge is 0.493 e. The number of nitrogens with two attached hydrogens (primary N) is 1. The summed E-state index contributed by atoms with van der Waals surface area (Å²) in [7, 11) is 3.54. The summed E-state index contributed by atoms with van der Waals surface area (Å²) < 4.78 is 25.4. The molecule has 0 spiro atoms. The first-order valence-electron chi connectivity index (χ1n) is 15.2. The number of nitrogens with one attached hydrogen (secondary N) is 3. The van der Waals surface area contributed by atoms with E-state index < -0.39 is 5.82 Å². The number of amides is 2. The number of aromatic nitrogens is 4. The maximum atomic E-state index is 13.7. The summed E-state index contributed by atoms with van der Waals surface area (Å²) in [5.74, 6) is 1.35. The van der Waals surface area contributed by atoms with Gasteiger partial charge in [-0.05, 0) is 44.2 Å². The Labute approximate surface area is 271 Å². The number of primary amides is 1. The number of likely N-dealkylation sites (tertiary alicyclic amines) is 1. The number of benzene rings is 2. The second kappa shape index (κ2) is 15.2. The second-order valence-electron chi connectivity index (χ2n) is 11.4. The number of hydrogen-bond donors (Lipinski definition) is 4. The Morgan fingerprint density at radius 3 is 2.72 bits per heavy atom. The third-order valence-electron chi connectivity index (χ3n) is 7.88. The van der Waals surface area contributed by atoms with Crippen molar-refractivity contribution in [3.63, 3.8) is 0 Å². The smallest absolute Gasteiger partial charge is 0.226 e. The number of ether oxygens (including phenoxy) is 2. The van der Waals surface area contributed by atoms with E-state index in [9.17, 15) is 14.0 Å². The van der Waals surface area contributed by atoms with E-state index in [2.05, 4.69) is 35.5 Å². The summed E-state index contributed by atoms with van der Waals surface area (Å²) in [5, 5.41) is 7.01. The zero-order chi connectivity index (χ0) is 32.6. The van der Waals surface area contributed by atoms with Crippen LogP contribution in [0, 0.1) is 11.7 Å². The number of H-pyrrole nitrogens is 1. The number of imidazole rings is 1. The normalized spacial score (nSPS) is 14.1. The van der Waals surface area contributed by atoms with Gasteiger partial charge in [0.2, 0.25) is 11.8 Å². The van der Waals surface area contributed by atoms with Crippen LogP contribution >= 0.6 is 11.6 Å². The monoisotopic (exact) mass is 652 g/mol. The van der Waals surface area contributed by atoms with Gasteiger partial charge in [0.05, 0.1) is 36.2 Å². The first-order chi connectivity index (χ1) is 22.2. The minimum absolute atomic E-state index is 0.00359. The number of unbranched alkanes of at least 4 members (excludes halogenated alkanes) is 2. The summed E-state index contributed by atoms with van der Waals surface area (Å²) in [6.45, 7) is 1.78. The maximum absolute atomic E-state index is 13.7. The summed E-state index contributed by atoms with van der Waals surface area (Å²) >= 11 is 5.96. The lowest BCUT2D eigenvalue weighted by molar-refractivity contribution is -0.130. The highest BCUT2D eigenvalue weighted by Crippen LogP contribution is 2.35. The Kier molecular flexibility index (Phi) is 10.9. The van der Waals surface area contributed by atoms with Gasteiger partial charge in [0.1, 0.15) is 23.8 Å². The van der Waals surface area contributed by atoms with E-state index in [0.29, 0.717) is 72.0 Å². The van der Waals surface area contributed by atoms with Crippen molar-refractivity contribution < 1.29 is 23.5 Å². The Hall–Kier alpha value is -4.49. The first kappa shape index (κ1) is 32.9. The molecule has 5 rings (SSSR count). The third kappa shape index (κ3) is 8.40. The Morgan fingerprint density at radius 2 is 1.98 bits per heavy atom. The van der Waals surface area contributed by atoms with Crippen molar-refractivity contribution in [3.05, 3.63) is 65.2 Å². The quantitative estimate of drug-likeness (QED) is 0.126. The van der Waals surface area contributed by atoms with Crippen LogP contribution in [0.25, 0.3) is 10.9 Å². The van der Waals surface area contributed by atoms with E-state index in [0.717, 1.165) is 31.6 Å². The van der Waals surface area contributed by atoms with Gasteiger partial charge in [0.25, 0.3) is 0 Å².